The average molecular weight is 239 g/mol. The summed E-state index contributed by atoms with van der Waals surface area (Å²) in [5, 5.41) is 20.7. The zero-order valence-electron chi connectivity index (χ0n) is 8.53. The van der Waals surface area contributed by atoms with E-state index in [-0.39, 0.29) is 18.1 Å². The Morgan fingerprint density at radius 3 is 3.00 bits per heavy atom. The summed E-state index contributed by atoms with van der Waals surface area (Å²) in [4.78, 5) is 33.1. The largest absolute Gasteiger partial charge is 0.465 e. The van der Waals surface area contributed by atoms with Crippen molar-refractivity contribution in [3.8, 4) is 0 Å². The van der Waals surface area contributed by atoms with Gasteiger partial charge in [0.15, 0.2) is 6.29 Å². The molecule has 1 aliphatic rings. The van der Waals surface area contributed by atoms with Crippen LogP contribution in [-0.2, 0) is 11.3 Å². The average Bonchev–Trinajstić information content (AvgIpc) is 2.73. The maximum Gasteiger partial charge on any atom is 0.405 e. The molecule has 0 unspecified atom stereocenters. The van der Waals surface area contributed by atoms with Crippen molar-refractivity contribution < 1.29 is 19.5 Å². The van der Waals surface area contributed by atoms with E-state index in [1.165, 1.54) is 11.0 Å². The van der Waals surface area contributed by atoms with Crippen LogP contribution in [0.4, 0.5) is 4.79 Å². The summed E-state index contributed by atoms with van der Waals surface area (Å²) in [6.07, 6.45) is 0.569. The van der Waals surface area contributed by atoms with Crippen molar-refractivity contribution in [2.75, 3.05) is 0 Å². The van der Waals surface area contributed by atoms with Gasteiger partial charge in [0, 0.05) is 0 Å². The standard InChI is InChI=1S/C8H9N5O4/c14-3-4-1-9-13(12-4)2-5-6(7(15)10-5)11-8(16)17/h1,3,5-6,11H,2H2,(H,10,15)(H,16,17)/t5-,6-/m0/s1. The van der Waals surface area contributed by atoms with Crippen LogP contribution in [0.2, 0.25) is 0 Å². The third-order valence-corrected chi connectivity index (χ3v) is 2.33. The SMILES string of the molecule is O=Cc1cnn(C[C@@H]2NC(=O)[C@H]2NC(=O)O)n1. The highest BCUT2D eigenvalue weighted by Gasteiger charge is 2.40. The Morgan fingerprint density at radius 2 is 2.47 bits per heavy atom. The van der Waals surface area contributed by atoms with E-state index in [2.05, 4.69) is 20.8 Å². The molecule has 1 aliphatic heterocycles. The van der Waals surface area contributed by atoms with Crippen LogP contribution in [0.5, 0.6) is 0 Å². The zero-order chi connectivity index (χ0) is 12.4. The fourth-order valence-electron chi connectivity index (χ4n) is 1.52. The Labute approximate surface area is 94.8 Å². The minimum Gasteiger partial charge on any atom is -0.465 e. The third kappa shape index (κ3) is 2.22. The minimum absolute atomic E-state index is 0.179. The van der Waals surface area contributed by atoms with Crippen LogP contribution in [-0.4, -0.2) is 50.5 Å². The van der Waals surface area contributed by atoms with E-state index >= 15 is 0 Å². The summed E-state index contributed by atoms with van der Waals surface area (Å²) in [7, 11) is 0. The molecule has 1 saturated heterocycles. The van der Waals surface area contributed by atoms with Crippen LogP contribution in [0.15, 0.2) is 6.20 Å². The first-order chi connectivity index (χ1) is 8.10. The molecule has 90 valence electrons. The molecular formula is C8H9N5O4. The number of rotatable bonds is 4. The van der Waals surface area contributed by atoms with Gasteiger partial charge in [-0.2, -0.15) is 15.0 Å². The van der Waals surface area contributed by atoms with Gasteiger partial charge in [-0.25, -0.2) is 4.79 Å². The second-order valence-electron chi connectivity index (χ2n) is 3.48. The number of carbonyl (C=O) groups is 3. The smallest absolute Gasteiger partial charge is 0.405 e. The van der Waals surface area contributed by atoms with Crippen LogP contribution < -0.4 is 10.6 Å². The molecule has 2 atom stereocenters. The summed E-state index contributed by atoms with van der Waals surface area (Å²) in [5.74, 6) is -0.389. The van der Waals surface area contributed by atoms with Crippen molar-refractivity contribution in [3.63, 3.8) is 0 Å². The third-order valence-electron chi connectivity index (χ3n) is 2.33. The maximum absolute atomic E-state index is 11.1. The summed E-state index contributed by atoms with van der Waals surface area (Å²) in [6.45, 7) is 0.199. The summed E-state index contributed by atoms with van der Waals surface area (Å²) < 4.78 is 0. The Kier molecular flexibility index (Phi) is 2.73. The van der Waals surface area contributed by atoms with E-state index < -0.39 is 18.2 Å². The van der Waals surface area contributed by atoms with Gasteiger partial charge in [0.25, 0.3) is 0 Å². The Hall–Kier alpha value is -2.45. The highest BCUT2D eigenvalue weighted by Crippen LogP contribution is 2.08. The highest BCUT2D eigenvalue weighted by molar-refractivity contribution is 5.91. The zero-order valence-corrected chi connectivity index (χ0v) is 8.53. The number of aldehydes is 1. The highest BCUT2D eigenvalue weighted by atomic mass is 16.4. The summed E-state index contributed by atoms with van der Waals surface area (Å²) >= 11 is 0. The number of aromatic nitrogens is 3. The van der Waals surface area contributed by atoms with Crippen LogP contribution in [0.3, 0.4) is 0 Å². The molecular weight excluding hydrogens is 230 g/mol. The van der Waals surface area contributed by atoms with Gasteiger partial charge in [-0.15, -0.1) is 0 Å². The quantitative estimate of drug-likeness (QED) is 0.421. The normalized spacial score (nSPS) is 22.5. The molecule has 0 radical (unpaired) electrons. The van der Waals surface area contributed by atoms with Gasteiger partial charge >= 0.3 is 6.09 Å². The Morgan fingerprint density at radius 1 is 1.71 bits per heavy atom. The van der Waals surface area contributed by atoms with Crippen LogP contribution >= 0.6 is 0 Å². The lowest BCUT2D eigenvalue weighted by Crippen LogP contribution is -2.70. The lowest BCUT2D eigenvalue weighted by Gasteiger charge is -2.35. The molecule has 2 heterocycles. The molecule has 0 aromatic carbocycles. The maximum atomic E-state index is 11.1. The second-order valence-corrected chi connectivity index (χ2v) is 3.48. The number of nitrogens with one attached hydrogen (secondary N) is 2. The van der Waals surface area contributed by atoms with Crippen molar-refractivity contribution in [1.29, 1.82) is 0 Å². The molecule has 0 spiro atoms. The number of carbonyl (C=O) groups excluding carboxylic acids is 2. The molecule has 3 N–H and O–H groups in total. The van der Waals surface area contributed by atoms with Gasteiger partial charge in [-0.05, 0) is 0 Å². The van der Waals surface area contributed by atoms with Crippen LogP contribution in [0.25, 0.3) is 0 Å². The molecule has 9 nitrogen and oxygen atoms in total. The molecule has 9 heteroatoms. The number of amides is 2. The van der Waals surface area contributed by atoms with Crippen molar-refractivity contribution in [2.45, 2.75) is 18.6 Å². The predicted octanol–water partition coefficient (Wildman–Crippen LogP) is -1.77. The van der Waals surface area contributed by atoms with Crippen LogP contribution in [0.1, 0.15) is 10.5 Å². The van der Waals surface area contributed by atoms with Gasteiger partial charge in [-0.3, -0.25) is 9.59 Å². The first-order valence-corrected chi connectivity index (χ1v) is 4.75. The second kappa shape index (κ2) is 4.20. The molecule has 0 aliphatic carbocycles. The van der Waals surface area contributed by atoms with E-state index in [0.29, 0.717) is 6.29 Å². The number of hydrogen-bond donors (Lipinski definition) is 3. The topological polar surface area (TPSA) is 126 Å². The molecule has 1 aromatic rings. The number of hydrogen-bond acceptors (Lipinski definition) is 5. The lowest BCUT2D eigenvalue weighted by atomic mass is 9.99. The lowest BCUT2D eigenvalue weighted by molar-refractivity contribution is -0.131. The number of carboxylic acid groups (broad SMARTS) is 1. The van der Waals surface area contributed by atoms with E-state index in [4.69, 9.17) is 5.11 Å². The van der Waals surface area contributed by atoms with Crippen molar-refractivity contribution in [3.05, 3.63) is 11.9 Å². The molecule has 0 bridgehead atoms. The number of β-lactam (4-membered cyclic amide) rings is 1. The first kappa shape index (κ1) is 11.0. The van der Waals surface area contributed by atoms with Crippen molar-refractivity contribution >= 4 is 18.3 Å². The fourth-order valence-corrected chi connectivity index (χ4v) is 1.52. The van der Waals surface area contributed by atoms with Gasteiger partial charge in [0.2, 0.25) is 5.91 Å². The van der Waals surface area contributed by atoms with Crippen molar-refractivity contribution in [2.24, 2.45) is 0 Å². The first-order valence-electron chi connectivity index (χ1n) is 4.75. The monoisotopic (exact) mass is 239 g/mol. The van der Waals surface area contributed by atoms with E-state index in [0.717, 1.165) is 0 Å². The molecule has 2 amide bonds. The Balaban J connectivity index is 1.97. The van der Waals surface area contributed by atoms with E-state index in [1.54, 1.807) is 0 Å². The predicted molar refractivity (Wildman–Crippen MR) is 52.3 cm³/mol. The summed E-state index contributed by atoms with van der Waals surface area (Å²) in [6, 6.07) is -1.22. The molecule has 1 aromatic heterocycles. The molecule has 2 rings (SSSR count). The van der Waals surface area contributed by atoms with Gasteiger partial charge in [0.05, 0.1) is 18.8 Å². The summed E-state index contributed by atoms with van der Waals surface area (Å²) in [5.41, 5.74) is 0.179. The van der Waals surface area contributed by atoms with Gasteiger partial charge in [0.1, 0.15) is 11.7 Å². The Bertz CT molecular complexity index is 470. The molecule has 17 heavy (non-hydrogen) atoms. The minimum atomic E-state index is -1.27. The van der Waals surface area contributed by atoms with Gasteiger partial charge < -0.3 is 15.7 Å². The fraction of sp³-hybridized carbons (Fsp3) is 0.375. The molecule has 1 fully saturated rings. The van der Waals surface area contributed by atoms with Gasteiger partial charge in [-0.1, -0.05) is 0 Å². The van der Waals surface area contributed by atoms with E-state index in [9.17, 15) is 14.4 Å². The van der Waals surface area contributed by atoms with E-state index in [1.807, 2.05) is 0 Å². The molecule has 0 saturated carbocycles. The van der Waals surface area contributed by atoms with Crippen LogP contribution in [0, 0.1) is 0 Å². The van der Waals surface area contributed by atoms with Crippen molar-refractivity contribution in [1.82, 2.24) is 25.6 Å². The number of nitrogens with zero attached hydrogens (tertiary/aromatic N) is 3.